The smallest absolute Gasteiger partial charge is 0.243 e. The van der Waals surface area contributed by atoms with E-state index in [2.05, 4.69) is 0 Å². The third-order valence-electron chi connectivity index (χ3n) is 3.77. The number of sulfonamides is 1. The minimum Gasteiger partial charge on any atom is -0.389 e. The predicted molar refractivity (Wildman–Crippen MR) is 82.7 cm³/mol. The average molecular weight is 323 g/mol. The zero-order valence-electron chi connectivity index (χ0n) is 11.7. The molecule has 0 aliphatic carbocycles. The molecule has 0 radical (unpaired) electrons. The Balaban J connectivity index is 1.87. The molecule has 2 aromatic rings. The van der Waals surface area contributed by atoms with Crippen LogP contribution < -0.4 is 0 Å². The van der Waals surface area contributed by atoms with Crippen molar-refractivity contribution in [2.24, 2.45) is 0 Å². The number of hydrogen-bond donors (Lipinski definition) is 1. The SMILES string of the molecule is CC(O)c1ccc(S(=O)(=O)N2CCc3sccc3C2)cc1. The standard InChI is InChI=1S/C15H17NO3S2/c1-11(17)12-2-4-14(5-3-12)21(18,19)16-8-6-15-13(10-16)7-9-20-15/h2-5,7,9,11,17H,6,8,10H2,1H3. The van der Waals surface area contributed by atoms with Gasteiger partial charge < -0.3 is 5.11 Å². The van der Waals surface area contributed by atoms with E-state index < -0.39 is 16.1 Å². The highest BCUT2D eigenvalue weighted by Crippen LogP contribution is 2.28. The molecule has 0 amide bonds. The van der Waals surface area contributed by atoms with Crippen LogP contribution in [-0.2, 0) is 23.0 Å². The Morgan fingerprint density at radius 2 is 1.95 bits per heavy atom. The second-order valence-corrected chi connectivity index (χ2v) is 8.14. The highest BCUT2D eigenvalue weighted by atomic mass is 32.2. The van der Waals surface area contributed by atoms with Gasteiger partial charge in [0.2, 0.25) is 10.0 Å². The third-order valence-corrected chi connectivity index (χ3v) is 6.66. The summed E-state index contributed by atoms with van der Waals surface area (Å²) in [6, 6.07) is 8.47. The predicted octanol–water partition coefficient (Wildman–Crippen LogP) is 2.55. The molecule has 0 bridgehead atoms. The first-order valence-electron chi connectivity index (χ1n) is 6.82. The lowest BCUT2D eigenvalue weighted by Gasteiger charge is -2.26. The van der Waals surface area contributed by atoms with E-state index in [4.69, 9.17) is 0 Å². The van der Waals surface area contributed by atoms with Crippen molar-refractivity contribution in [2.75, 3.05) is 6.54 Å². The highest BCUT2D eigenvalue weighted by molar-refractivity contribution is 7.89. The topological polar surface area (TPSA) is 57.6 Å². The first-order chi connectivity index (χ1) is 9.98. The quantitative estimate of drug-likeness (QED) is 0.944. The maximum atomic E-state index is 12.7. The molecule has 1 atom stereocenters. The third kappa shape index (κ3) is 2.76. The number of nitrogens with zero attached hydrogens (tertiary/aromatic N) is 1. The van der Waals surface area contributed by atoms with Crippen LogP contribution in [0.5, 0.6) is 0 Å². The van der Waals surface area contributed by atoms with E-state index in [-0.39, 0.29) is 4.90 Å². The largest absolute Gasteiger partial charge is 0.389 e. The fourth-order valence-corrected chi connectivity index (χ4v) is 4.80. The number of aliphatic hydroxyl groups is 1. The normalized spacial score (nSPS) is 17.4. The minimum absolute atomic E-state index is 0.283. The zero-order chi connectivity index (χ0) is 15.0. The average Bonchev–Trinajstić information content (AvgIpc) is 2.94. The van der Waals surface area contributed by atoms with Crippen molar-refractivity contribution in [3.05, 3.63) is 51.7 Å². The van der Waals surface area contributed by atoms with Gasteiger partial charge in [-0.2, -0.15) is 4.31 Å². The molecule has 112 valence electrons. The molecule has 4 nitrogen and oxygen atoms in total. The summed E-state index contributed by atoms with van der Waals surface area (Å²) in [7, 11) is -3.47. The molecule has 1 aliphatic heterocycles. The Hall–Kier alpha value is -1.21. The van der Waals surface area contributed by atoms with Crippen LogP contribution in [0.3, 0.4) is 0 Å². The van der Waals surface area contributed by atoms with Gasteiger partial charge in [-0.05, 0) is 48.1 Å². The first kappa shape index (κ1) is 14.7. The number of thiophene rings is 1. The molecule has 1 N–H and O–H groups in total. The molecule has 1 aromatic carbocycles. The van der Waals surface area contributed by atoms with Crippen molar-refractivity contribution in [2.45, 2.75) is 30.9 Å². The van der Waals surface area contributed by atoms with Gasteiger partial charge in [0.1, 0.15) is 0 Å². The van der Waals surface area contributed by atoms with Crippen LogP contribution in [0.4, 0.5) is 0 Å². The molecule has 6 heteroatoms. The second-order valence-electron chi connectivity index (χ2n) is 5.20. The van der Waals surface area contributed by atoms with Gasteiger partial charge in [0, 0.05) is 18.0 Å². The first-order valence-corrected chi connectivity index (χ1v) is 9.14. The van der Waals surface area contributed by atoms with Crippen molar-refractivity contribution in [1.82, 2.24) is 4.31 Å². The number of rotatable bonds is 3. The molecule has 0 saturated heterocycles. The van der Waals surface area contributed by atoms with Gasteiger partial charge in [0.15, 0.2) is 0 Å². The molecule has 3 rings (SSSR count). The summed E-state index contributed by atoms with van der Waals surface area (Å²) in [4.78, 5) is 1.57. The van der Waals surface area contributed by atoms with Crippen LogP contribution in [0.1, 0.15) is 29.0 Å². The molecule has 21 heavy (non-hydrogen) atoms. The maximum absolute atomic E-state index is 12.7. The van der Waals surface area contributed by atoms with Gasteiger partial charge in [0.05, 0.1) is 11.0 Å². The van der Waals surface area contributed by atoms with E-state index in [1.165, 1.54) is 9.18 Å². The summed E-state index contributed by atoms with van der Waals surface area (Å²) in [6.07, 6.45) is 0.183. The fraction of sp³-hybridized carbons (Fsp3) is 0.333. The van der Waals surface area contributed by atoms with Gasteiger partial charge in [-0.15, -0.1) is 11.3 Å². The van der Waals surface area contributed by atoms with E-state index in [1.807, 2.05) is 11.4 Å². The van der Waals surface area contributed by atoms with E-state index in [0.29, 0.717) is 18.7 Å². The van der Waals surface area contributed by atoms with Gasteiger partial charge >= 0.3 is 0 Å². The van der Waals surface area contributed by atoms with Crippen LogP contribution >= 0.6 is 11.3 Å². The number of benzene rings is 1. The van der Waals surface area contributed by atoms with Crippen LogP contribution in [0.2, 0.25) is 0 Å². The second kappa shape index (κ2) is 5.53. The Morgan fingerprint density at radius 3 is 2.62 bits per heavy atom. The van der Waals surface area contributed by atoms with Crippen molar-refractivity contribution >= 4 is 21.4 Å². The monoisotopic (exact) mass is 323 g/mol. The molecule has 1 unspecified atom stereocenters. The summed E-state index contributed by atoms with van der Waals surface area (Å²) < 4.78 is 26.9. The van der Waals surface area contributed by atoms with Crippen molar-refractivity contribution in [3.63, 3.8) is 0 Å². The lowest BCUT2D eigenvalue weighted by Crippen LogP contribution is -2.35. The lowest BCUT2D eigenvalue weighted by molar-refractivity contribution is 0.199. The van der Waals surface area contributed by atoms with E-state index in [9.17, 15) is 13.5 Å². The lowest BCUT2D eigenvalue weighted by atomic mass is 10.1. The summed E-state index contributed by atoms with van der Waals surface area (Å²) in [5.41, 5.74) is 1.82. The number of aliphatic hydroxyl groups excluding tert-OH is 1. The zero-order valence-corrected chi connectivity index (χ0v) is 13.3. The molecular formula is C15H17NO3S2. The Labute approximate surface area is 128 Å². The van der Waals surface area contributed by atoms with E-state index in [1.54, 1.807) is 42.5 Å². The van der Waals surface area contributed by atoms with Crippen molar-refractivity contribution in [1.29, 1.82) is 0 Å². The summed E-state index contributed by atoms with van der Waals surface area (Å²) in [5.74, 6) is 0. The fourth-order valence-electron chi connectivity index (χ4n) is 2.50. The maximum Gasteiger partial charge on any atom is 0.243 e. The summed E-state index contributed by atoms with van der Waals surface area (Å²) in [6.45, 7) is 2.62. The van der Waals surface area contributed by atoms with Gasteiger partial charge in [0.25, 0.3) is 0 Å². The summed E-state index contributed by atoms with van der Waals surface area (Å²) in [5, 5.41) is 11.5. The van der Waals surface area contributed by atoms with E-state index >= 15 is 0 Å². The molecule has 0 spiro atoms. The van der Waals surface area contributed by atoms with Crippen LogP contribution in [0.25, 0.3) is 0 Å². The minimum atomic E-state index is -3.47. The Morgan fingerprint density at radius 1 is 1.24 bits per heavy atom. The van der Waals surface area contributed by atoms with Crippen LogP contribution in [-0.4, -0.2) is 24.4 Å². The van der Waals surface area contributed by atoms with Crippen molar-refractivity contribution < 1.29 is 13.5 Å². The number of hydrogen-bond acceptors (Lipinski definition) is 4. The van der Waals surface area contributed by atoms with Gasteiger partial charge in [-0.1, -0.05) is 12.1 Å². The molecule has 2 heterocycles. The van der Waals surface area contributed by atoms with Gasteiger partial charge in [-0.25, -0.2) is 8.42 Å². The van der Waals surface area contributed by atoms with Crippen LogP contribution in [0, 0.1) is 0 Å². The Kier molecular flexibility index (Phi) is 3.88. The highest BCUT2D eigenvalue weighted by Gasteiger charge is 2.28. The molecule has 0 fully saturated rings. The molecular weight excluding hydrogens is 306 g/mol. The number of fused-ring (bicyclic) bond motifs is 1. The molecule has 1 aromatic heterocycles. The van der Waals surface area contributed by atoms with Gasteiger partial charge in [-0.3, -0.25) is 0 Å². The molecule has 1 aliphatic rings. The van der Waals surface area contributed by atoms with Crippen LogP contribution in [0.15, 0.2) is 40.6 Å². The Bertz CT molecular complexity index is 733. The summed E-state index contributed by atoms with van der Waals surface area (Å²) >= 11 is 1.69. The molecule has 0 saturated carbocycles. The van der Waals surface area contributed by atoms with Crippen molar-refractivity contribution in [3.8, 4) is 0 Å². The van der Waals surface area contributed by atoms with E-state index in [0.717, 1.165) is 12.0 Å².